The molecule has 4 heterocycles. The summed E-state index contributed by atoms with van der Waals surface area (Å²) in [4.78, 5) is 7.42. The van der Waals surface area contributed by atoms with Crippen molar-refractivity contribution in [3.05, 3.63) is 267 Å². The lowest BCUT2D eigenvalue weighted by Crippen LogP contribution is -2.61. The molecular formula is C66H44BN5. The molecule has 0 unspecified atom stereocenters. The largest absolute Gasteiger partial charge is 0.311 e. The summed E-state index contributed by atoms with van der Waals surface area (Å²) in [5.41, 5.74) is 20.9. The van der Waals surface area contributed by atoms with Crippen LogP contribution in [0.5, 0.6) is 0 Å². The monoisotopic (exact) mass is 917 g/mol. The smallest absolute Gasteiger partial charge is 0.252 e. The minimum atomic E-state index is 0.0147. The van der Waals surface area contributed by atoms with E-state index in [1.165, 1.54) is 71.4 Å². The molecule has 2 aromatic heterocycles. The van der Waals surface area contributed by atoms with Crippen LogP contribution in [0.2, 0.25) is 0 Å². The molecule has 2 aliphatic rings. The third kappa shape index (κ3) is 6.02. The van der Waals surface area contributed by atoms with Crippen LogP contribution in [0.3, 0.4) is 0 Å². The summed E-state index contributed by atoms with van der Waals surface area (Å²) in [5.74, 6) is 0. The molecule has 72 heavy (non-hydrogen) atoms. The molecule has 0 N–H and O–H groups in total. The second-order valence-electron chi connectivity index (χ2n) is 18.9. The van der Waals surface area contributed by atoms with Crippen LogP contribution in [0.25, 0.3) is 55.0 Å². The van der Waals surface area contributed by atoms with Gasteiger partial charge in [-0.3, -0.25) is 0 Å². The first-order valence-electron chi connectivity index (χ1n) is 24.8. The molecule has 5 nitrogen and oxygen atoms in total. The molecule has 0 saturated carbocycles. The molecule has 0 spiro atoms. The summed E-state index contributed by atoms with van der Waals surface area (Å²) >= 11 is 0. The highest BCUT2D eigenvalue weighted by Gasteiger charge is 2.43. The minimum absolute atomic E-state index is 0.0147. The van der Waals surface area contributed by atoms with Crippen LogP contribution in [0.15, 0.2) is 267 Å². The fourth-order valence-corrected chi connectivity index (χ4v) is 12.1. The first-order valence-corrected chi connectivity index (χ1v) is 24.8. The van der Waals surface area contributed by atoms with Gasteiger partial charge in [-0.2, -0.15) is 0 Å². The van der Waals surface area contributed by atoms with Gasteiger partial charge in [0.1, 0.15) is 0 Å². The van der Waals surface area contributed by atoms with E-state index in [0.717, 1.165) is 51.2 Å². The first-order chi connectivity index (χ1) is 35.8. The topological polar surface area (TPSA) is 19.6 Å². The summed E-state index contributed by atoms with van der Waals surface area (Å²) in [7, 11) is 0. The zero-order chi connectivity index (χ0) is 47.3. The number of nitrogens with zero attached hydrogens (tertiary/aromatic N) is 5. The Labute approximate surface area is 418 Å². The van der Waals surface area contributed by atoms with Crippen molar-refractivity contribution in [1.29, 1.82) is 0 Å². The van der Waals surface area contributed by atoms with E-state index in [4.69, 9.17) is 0 Å². The molecule has 0 atom stereocenters. The Hall–Kier alpha value is -9.52. The lowest BCUT2D eigenvalue weighted by atomic mass is 9.33. The number of aromatic nitrogens is 2. The van der Waals surface area contributed by atoms with Gasteiger partial charge < -0.3 is 23.8 Å². The van der Waals surface area contributed by atoms with Crippen LogP contribution < -0.4 is 31.1 Å². The molecule has 0 fully saturated rings. The fraction of sp³-hybridized carbons (Fsp3) is 0. The van der Waals surface area contributed by atoms with Gasteiger partial charge in [-0.1, -0.05) is 146 Å². The van der Waals surface area contributed by atoms with Gasteiger partial charge in [0.15, 0.2) is 0 Å². The van der Waals surface area contributed by atoms with Crippen LogP contribution in [-0.4, -0.2) is 15.8 Å². The SMILES string of the molecule is c1ccc(N2c3ccccc3B3c4ccccc4N(c4ccccc4)c4cc(N(c5ccc(-n6c7ccccc7c7ccccc76)cc5)c5ccc(-n6c7ccccc7c7ccccc76)cc5)cc2c43)cc1. The number of fused-ring (bicyclic) bond motifs is 10. The normalized spacial score (nSPS) is 12.6. The highest BCUT2D eigenvalue weighted by Crippen LogP contribution is 2.48. The third-order valence-electron chi connectivity index (χ3n) is 15.0. The standard InChI is InChI=1S/C66H44BN5/c1-3-19-45(20-4-1)71-62-33-17-11-27-56(62)67-57-28-12-18-34-63(57)72(46-21-5-2-6-22-46)65-44-51(43-64(71)66(65)67)68(47-35-39-49(40-36-47)69-58-29-13-7-23-52(58)53-24-8-14-30-59(53)69)48-37-41-50(42-38-48)70-60-31-15-9-25-54(60)55-26-10-16-32-61(55)70/h1-44H. The van der Waals surface area contributed by atoms with Gasteiger partial charge in [-0.25, -0.2) is 0 Å². The van der Waals surface area contributed by atoms with E-state index in [9.17, 15) is 0 Å². The summed E-state index contributed by atoms with van der Waals surface area (Å²) in [6, 6.07) is 97.9. The number of anilines is 9. The maximum atomic E-state index is 2.49. The third-order valence-corrected chi connectivity index (χ3v) is 15.0. The van der Waals surface area contributed by atoms with Crippen molar-refractivity contribution >= 4 is 118 Å². The van der Waals surface area contributed by atoms with Gasteiger partial charge >= 0.3 is 0 Å². The van der Waals surface area contributed by atoms with E-state index < -0.39 is 0 Å². The van der Waals surface area contributed by atoms with Gasteiger partial charge in [0.05, 0.1) is 27.8 Å². The van der Waals surface area contributed by atoms with Crippen molar-refractivity contribution in [1.82, 2.24) is 9.13 Å². The molecule has 0 bridgehead atoms. The van der Waals surface area contributed by atoms with Gasteiger partial charge in [0.2, 0.25) is 0 Å². The second kappa shape index (κ2) is 16.0. The van der Waals surface area contributed by atoms with E-state index in [0.29, 0.717) is 0 Å². The Balaban J connectivity index is 0.985. The van der Waals surface area contributed by atoms with Crippen LogP contribution in [-0.2, 0) is 0 Å². The Bertz CT molecular complexity index is 3860. The van der Waals surface area contributed by atoms with E-state index in [2.05, 4.69) is 291 Å². The van der Waals surface area contributed by atoms with Crippen molar-refractivity contribution in [3.63, 3.8) is 0 Å². The number of para-hydroxylation sites is 8. The molecule has 6 heteroatoms. The predicted molar refractivity (Wildman–Crippen MR) is 304 cm³/mol. The molecular weight excluding hydrogens is 874 g/mol. The maximum absolute atomic E-state index is 2.49. The van der Waals surface area contributed by atoms with Crippen molar-refractivity contribution in [2.24, 2.45) is 0 Å². The highest BCUT2D eigenvalue weighted by atomic mass is 15.2. The quantitative estimate of drug-likeness (QED) is 0.149. The average molecular weight is 918 g/mol. The number of rotatable bonds is 7. The Morgan fingerprint density at radius 2 is 0.597 bits per heavy atom. The zero-order valence-corrected chi connectivity index (χ0v) is 39.2. The molecule has 336 valence electrons. The molecule has 0 radical (unpaired) electrons. The van der Waals surface area contributed by atoms with E-state index >= 15 is 0 Å². The molecule has 15 rings (SSSR count). The molecule has 0 aliphatic carbocycles. The lowest BCUT2D eigenvalue weighted by molar-refractivity contribution is 1.16. The van der Waals surface area contributed by atoms with Crippen LogP contribution >= 0.6 is 0 Å². The fourth-order valence-electron chi connectivity index (χ4n) is 12.1. The summed E-state index contributed by atoms with van der Waals surface area (Å²) in [6.07, 6.45) is 0. The molecule has 0 amide bonds. The minimum Gasteiger partial charge on any atom is -0.311 e. The number of hydrogen-bond donors (Lipinski definition) is 0. The average Bonchev–Trinajstić information content (AvgIpc) is 3.97. The Morgan fingerprint density at radius 3 is 0.986 bits per heavy atom. The van der Waals surface area contributed by atoms with Gasteiger partial charge in [-0.15, -0.1) is 0 Å². The highest BCUT2D eigenvalue weighted by molar-refractivity contribution is 7.00. The summed E-state index contributed by atoms with van der Waals surface area (Å²) in [5, 5.41) is 4.99. The molecule has 11 aromatic carbocycles. The molecule has 0 saturated heterocycles. The van der Waals surface area contributed by atoms with Gasteiger partial charge in [0, 0.05) is 78.4 Å². The lowest BCUT2D eigenvalue weighted by Gasteiger charge is -2.45. The van der Waals surface area contributed by atoms with E-state index in [1.54, 1.807) is 0 Å². The van der Waals surface area contributed by atoms with Gasteiger partial charge in [0.25, 0.3) is 6.71 Å². The van der Waals surface area contributed by atoms with Crippen LogP contribution in [0, 0.1) is 0 Å². The second-order valence-corrected chi connectivity index (χ2v) is 18.9. The zero-order valence-electron chi connectivity index (χ0n) is 39.2. The van der Waals surface area contributed by atoms with Crippen LogP contribution in [0.4, 0.5) is 51.2 Å². The predicted octanol–water partition coefficient (Wildman–Crippen LogP) is 15.4. The van der Waals surface area contributed by atoms with Crippen molar-refractivity contribution < 1.29 is 0 Å². The Kier molecular flexibility index (Phi) is 8.99. The summed E-state index contributed by atoms with van der Waals surface area (Å²) in [6.45, 7) is 0.0147. The van der Waals surface area contributed by atoms with Crippen molar-refractivity contribution in [2.75, 3.05) is 14.7 Å². The number of benzene rings is 11. The van der Waals surface area contributed by atoms with E-state index in [1.807, 2.05) is 0 Å². The summed E-state index contributed by atoms with van der Waals surface area (Å²) < 4.78 is 4.79. The number of hydrogen-bond acceptors (Lipinski definition) is 3. The van der Waals surface area contributed by atoms with Gasteiger partial charge in [-0.05, 0) is 138 Å². The van der Waals surface area contributed by atoms with Crippen molar-refractivity contribution in [2.45, 2.75) is 0 Å². The van der Waals surface area contributed by atoms with Crippen molar-refractivity contribution in [3.8, 4) is 11.4 Å². The Morgan fingerprint density at radius 1 is 0.264 bits per heavy atom. The molecule has 13 aromatic rings. The van der Waals surface area contributed by atoms with Crippen LogP contribution in [0.1, 0.15) is 0 Å². The molecule has 2 aliphatic heterocycles. The maximum Gasteiger partial charge on any atom is 0.252 e. The van der Waals surface area contributed by atoms with E-state index in [-0.39, 0.29) is 6.71 Å². The first kappa shape index (κ1) is 40.4.